The van der Waals surface area contributed by atoms with E-state index < -0.39 is 0 Å². The van der Waals surface area contributed by atoms with E-state index >= 15 is 0 Å². The zero-order valence-electron chi connectivity index (χ0n) is 19.5. The van der Waals surface area contributed by atoms with Gasteiger partial charge in [-0.05, 0) is 42.5 Å². The molecule has 4 aromatic rings. The Kier molecular flexibility index (Phi) is 6.66. The summed E-state index contributed by atoms with van der Waals surface area (Å²) in [5, 5.41) is 5.61. The van der Waals surface area contributed by atoms with Crippen LogP contribution in [0, 0.1) is 5.82 Å². The SMILES string of the molecule is CN(Cc1nn(-c2ccc(Cl)cc2)c2c1CN(Cc1ccccc1F)CC2)C(=O)c1ccccc1. The number of halogens is 2. The molecule has 5 nitrogen and oxygen atoms in total. The second-order valence-corrected chi connectivity index (χ2v) is 9.28. The molecule has 5 rings (SSSR count). The van der Waals surface area contributed by atoms with E-state index in [4.69, 9.17) is 16.7 Å². The van der Waals surface area contributed by atoms with E-state index in [-0.39, 0.29) is 11.7 Å². The number of benzene rings is 3. The standard InChI is InChI=1S/C28H26ClFN4O/c1-32(28(35)20-7-3-2-4-8-20)19-26-24-18-33(17-21-9-5-6-10-25(21)30)16-15-27(24)34(31-26)23-13-11-22(29)12-14-23/h2-14H,15-19H2,1H3. The Hall–Kier alpha value is -3.48. The number of amides is 1. The Bertz CT molecular complexity index is 1340. The molecule has 0 saturated carbocycles. The van der Waals surface area contributed by atoms with Gasteiger partial charge in [-0.3, -0.25) is 9.69 Å². The molecule has 0 spiro atoms. The second kappa shape index (κ2) is 10.0. The summed E-state index contributed by atoms with van der Waals surface area (Å²) >= 11 is 6.11. The summed E-state index contributed by atoms with van der Waals surface area (Å²) in [6.07, 6.45) is 0.774. The minimum atomic E-state index is -0.191. The smallest absolute Gasteiger partial charge is 0.253 e. The summed E-state index contributed by atoms with van der Waals surface area (Å²) in [6, 6.07) is 23.7. The summed E-state index contributed by atoms with van der Waals surface area (Å²) in [5.41, 5.74) is 5.31. The van der Waals surface area contributed by atoms with Crippen molar-refractivity contribution in [1.82, 2.24) is 19.6 Å². The van der Waals surface area contributed by atoms with E-state index in [2.05, 4.69) is 4.90 Å². The van der Waals surface area contributed by atoms with Crippen molar-refractivity contribution in [3.8, 4) is 5.69 Å². The quantitative estimate of drug-likeness (QED) is 0.360. The largest absolute Gasteiger partial charge is 0.336 e. The molecule has 0 radical (unpaired) electrons. The zero-order chi connectivity index (χ0) is 24.4. The first-order valence-electron chi connectivity index (χ1n) is 11.6. The summed E-state index contributed by atoms with van der Waals surface area (Å²) < 4.78 is 16.3. The Labute approximate surface area is 209 Å². The Morgan fingerprint density at radius 2 is 1.74 bits per heavy atom. The molecule has 1 aliphatic rings. The molecule has 7 heteroatoms. The van der Waals surface area contributed by atoms with Gasteiger partial charge in [0.2, 0.25) is 0 Å². The predicted octanol–water partition coefficient (Wildman–Crippen LogP) is 5.50. The molecule has 1 aromatic heterocycles. The van der Waals surface area contributed by atoms with E-state index in [0.29, 0.717) is 35.8 Å². The van der Waals surface area contributed by atoms with Gasteiger partial charge in [0, 0.05) is 54.8 Å². The van der Waals surface area contributed by atoms with Crippen molar-refractivity contribution in [2.24, 2.45) is 0 Å². The van der Waals surface area contributed by atoms with Crippen LogP contribution in [0.1, 0.15) is 32.9 Å². The van der Waals surface area contributed by atoms with Crippen LogP contribution < -0.4 is 0 Å². The average Bonchev–Trinajstić information content (AvgIpc) is 3.23. The van der Waals surface area contributed by atoms with Crippen LogP contribution in [0.4, 0.5) is 4.39 Å². The van der Waals surface area contributed by atoms with Crippen LogP contribution >= 0.6 is 11.6 Å². The molecule has 1 aliphatic heterocycles. The van der Waals surface area contributed by atoms with Crippen molar-refractivity contribution in [3.05, 3.63) is 118 Å². The number of rotatable bonds is 6. The molecule has 0 aliphatic carbocycles. The first-order valence-corrected chi connectivity index (χ1v) is 12.0. The lowest BCUT2D eigenvalue weighted by molar-refractivity contribution is 0.0782. The molecule has 0 atom stereocenters. The molecular formula is C28H26ClFN4O. The van der Waals surface area contributed by atoms with Gasteiger partial charge >= 0.3 is 0 Å². The monoisotopic (exact) mass is 488 g/mol. The lowest BCUT2D eigenvalue weighted by Gasteiger charge is -2.28. The van der Waals surface area contributed by atoms with E-state index in [1.165, 1.54) is 6.07 Å². The fourth-order valence-electron chi connectivity index (χ4n) is 4.56. The lowest BCUT2D eigenvalue weighted by atomic mass is 10.0. The van der Waals surface area contributed by atoms with E-state index in [0.717, 1.165) is 35.6 Å². The summed E-state index contributed by atoms with van der Waals surface area (Å²) in [6.45, 7) is 2.33. The first-order chi connectivity index (χ1) is 17.0. The number of hydrogen-bond donors (Lipinski definition) is 0. The number of aromatic nitrogens is 2. The number of carbonyl (C=O) groups excluding carboxylic acids is 1. The van der Waals surface area contributed by atoms with Crippen LogP contribution in [0.2, 0.25) is 5.02 Å². The molecule has 0 N–H and O–H groups in total. The third kappa shape index (κ3) is 4.99. The van der Waals surface area contributed by atoms with Gasteiger partial charge in [0.05, 0.1) is 23.6 Å². The van der Waals surface area contributed by atoms with Crippen LogP contribution in [0.5, 0.6) is 0 Å². The van der Waals surface area contributed by atoms with E-state index in [9.17, 15) is 9.18 Å². The van der Waals surface area contributed by atoms with Crippen molar-refractivity contribution in [2.45, 2.75) is 26.1 Å². The predicted molar refractivity (Wildman–Crippen MR) is 135 cm³/mol. The van der Waals surface area contributed by atoms with Gasteiger partial charge < -0.3 is 4.90 Å². The van der Waals surface area contributed by atoms with Crippen molar-refractivity contribution in [1.29, 1.82) is 0 Å². The molecule has 178 valence electrons. The highest BCUT2D eigenvalue weighted by molar-refractivity contribution is 6.30. The van der Waals surface area contributed by atoms with Gasteiger partial charge in [-0.25, -0.2) is 9.07 Å². The molecule has 3 aromatic carbocycles. The van der Waals surface area contributed by atoms with Crippen molar-refractivity contribution >= 4 is 17.5 Å². The van der Waals surface area contributed by atoms with Gasteiger partial charge in [0.1, 0.15) is 5.82 Å². The zero-order valence-corrected chi connectivity index (χ0v) is 20.3. The maximum Gasteiger partial charge on any atom is 0.253 e. The molecular weight excluding hydrogens is 463 g/mol. The Morgan fingerprint density at radius 3 is 2.49 bits per heavy atom. The topological polar surface area (TPSA) is 41.4 Å². The maximum absolute atomic E-state index is 14.3. The third-order valence-electron chi connectivity index (χ3n) is 6.40. The van der Waals surface area contributed by atoms with Crippen LogP contribution in [0.3, 0.4) is 0 Å². The summed E-state index contributed by atoms with van der Waals surface area (Å²) in [4.78, 5) is 16.9. The van der Waals surface area contributed by atoms with Gasteiger partial charge in [-0.2, -0.15) is 5.10 Å². The van der Waals surface area contributed by atoms with E-state index in [1.807, 2.05) is 71.4 Å². The van der Waals surface area contributed by atoms with Crippen molar-refractivity contribution in [2.75, 3.05) is 13.6 Å². The lowest BCUT2D eigenvalue weighted by Crippen LogP contribution is -2.32. The van der Waals surface area contributed by atoms with Gasteiger partial charge in [-0.1, -0.05) is 48.0 Å². The van der Waals surface area contributed by atoms with Gasteiger partial charge in [-0.15, -0.1) is 0 Å². The third-order valence-corrected chi connectivity index (χ3v) is 6.65. The van der Waals surface area contributed by atoms with Crippen LogP contribution in [0.25, 0.3) is 5.69 Å². The summed E-state index contributed by atoms with van der Waals surface area (Å²) in [5.74, 6) is -0.247. The minimum absolute atomic E-state index is 0.0561. The molecule has 0 saturated heterocycles. The fourth-order valence-corrected chi connectivity index (χ4v) is 4.69. The Balaban J connectivity index is 1.46. The van der Waals surface area contributed by atoms with Crippen LogP contribution in [-0.4, -0.2) is 39.1 Å². The second-order valence-electron chi connectivity index (χ2n) is 8.84. The van der Waals surface area contributed by atoms with Crippen molar-refractivity contribution < 1.29 is 9.18 Å². The highest BCUT2D eigenvalue weighted by atomic mass is 35.5. The highest BCUT2D eigenvalue weighted by Gasteiger charge is 2.27. The fraction of sp³-hybridized carbons (Fsp3) is 0.214. The van der Waals surface area contributed by atoms with Gasteiger partial charge in [0.15, 0.2) is 0 Å². The van der Waals surface area contributed by atoms with Crippen molar-refractivity contribution in [3.63, 3.8) is 0 Å². The van der Waals surface area contributed by atoms with E-state index in [1.54, 1.807) is 18.0 Å². The number of hydrogen-bond acceptors (Lipinski definition) is 3. The molecule has 0 unspecified atom stereocenters. The van der Waals surface area contributed by atoms with Gasteiger partial charge in [0.25, 0.3) is 5.91 Å². The average molecular weight is 489 g/mol. The number of fused-ring (bicyclic) bond motifs is 1. The maximum atomic E-state index is 14.3. The number of nitrogens with zero attached hydrogens (tertiary/aromatic N) is 4. The number of carbonyl (C=O) groups is 1. The molecule has 2 heterocycles. The van der Waals surface area contributed by atoms with Crippen LogP contribution in [-0.2, 0) is 26.1 Å². The summed E-state index contributed by atoms with van der Waals surface area (Å²) in [7, 11) is 1.79. The Morgan fingerprint density at radius 1 is 1.03 bits per heavy atom. The highest BCUT2D eigenvalue weighted by Crippen LogP contribution is 2.28. The molecule has 0 bridgehead atoms. The molecule has 35 heavy (non-hydrogen) atoms. The molecule has 0 fully saturated rings. The normalized spacial score (nSPS) is 13.5. The minimum Gasteiger partial charge on any atom is -0.336 e. The first kappa shape index (κ1) is 23.3. The molecule has 1 amide bonds. The van der Waals surface area contributed by atoms with Crippen LogP contribution in [0.15, 0.2) is 78.9 Å².